The van der Waals surface area contributed by atoms with Crippen molar-refractivity contribution in [2.75, 3.05) is 0 Å². The van der Waals surface area contributed by atoms with Crippen molar-refractivity contribution in [3.63, 3.8) is 0 Å². The zero-order chi connectivity index (χ0) is 5.98. The number of aromatic nitrogens is 3. The van der Waals surface area contributed by atoms with E-state index in [-0.39, 0.29) is 6.04 Å². The molecule has 0 aliphatic heterocycles. The van der Waals surface area contributed by atoms with Crippen LogP contribution >= 0.6 is 0 Å². The van der Waals surface area contributed by atoms with Crippen LogP contribution in [0.3, 0.4) is 0 Å². The first kappa shape index (κ1) is 5.28. The molecule has 0 fully saturated rings. The van der Waals surface area contributed by atoms with Crippen LogP contribution in [0.15, 0.2) is 12.4 Å². The largest absolute Gasteiger partial charge is 0.250 e. The monoisotopic (exact) mass is 110 g/mol. The molecule has 3 heteroatoms. The van der Waals surface area contributed by atoms with E-state index in [1.54, 1.807) is 17.1 Å². The normalized spacial score (nSPS) is 10.4. The zero-order valence-electron chi connectivity index (χ0n) is 4.78. The van der Waals surface area contributed by atoms with Gasteiger partial charge in [0.1, 0.15) is 0 Å². The van der Waals surface area contributed by atoms with E-state index in [9.17, 15) is 0 Å². The molecular weight excluding hydrogens is 102 g/mol. The molecule has 8 heavy (non-hydrogen) atoms. The van der Waals surface area contributed by atoms with Crippen molar-refractivity contribution in [3.05, 3.63) is 19.3 Å². The maximum Gasteiger partial charge on any atom is 0.0693 e. The average Bonchev–Trinajstić information content (AvgIpc) is 2.12. The van der Waals surface area contributed by atoms with E-state index < -0.39 is 0 Å². The first-order valence-electron chi connectivity index (χ1n) is 2.49. The Bertz CT molecular complexity index is 143. The van der Waals surface area contributed by atoms with Crippen molar-refractivity contribution in [2.24, 2.45) is 0 Å². The van der Waals surface area contributed by atoms with Crippen molar-refractivity contribution in [2.45, 2.75) is 13.0 Å². The summed E-state index contributed by atoms with van der Waals surface area (Å²) in [5, 5.41) is 7.34. The van der Waals surface area contributed by atoms with Gasteiger partial charge in [0.15, 0.2) is 0 Å². The Kier molecular flexibility index (Phi) is 1.28. The smallest absolute Gasteiger partial charge is 0.0693 e. The van der Waals surface area contributed by atoms with Gasteiger partial charge in [-0.2, -0.15) is 0 Å². The summed E-state index contributed by atoms with van der Waals surface area (Å²) in [4.78, 5) is 0. The van der Waals surface area contributed by atoms with Gasteiger partial charge < -0.3 is 0 Å². The predicted molar refractivity (Wildman–Crippen MR) is 30.1 cm³/mol. The number of hydrogen-bond donors (Lipinski definition) is 0. The lowest BCUT2D eigenvalue weighted by Gasteiger charge is -1.99. The third-order valence-corrected chi connectivity index (χ3v) is 0.893. The Balaban J connectivity index is 2.77. The van der Waals surface area contributed by atoms with Crippen LogP contribution in [0.25, 0.3) is 0 Å². The topological polar surface area (TPSA) is 30.7 Å². The van der Waals surface area contributed by atoms with E-state index in [2.05, 4.69) is 17.2 Å². The lowest BCUT2D eigenvalue weighted by atomic mass is 10.4. The molecule has 1 rings (SSSR count). The van der Waals surface area contributed by atoms with E-state index in [1.165, 1.54) is 0 Å². The summed E-state index contributed by atoms with van der Waals surface area (Å²) in [6.07, 6.45) is 3.43. The van der Waals surface area contributed by atoms with Gasteiger partial charge in [-0.15, -0.1) is 5.10 Å². The highest BCUT2D eigenvalue weighted by atomic mass is 15.4. The van der Waals surface area contributed by atoms with Gasteiger partial charge in [0.25, 0.3) is 0 Å². The molecule has 0 saturated heterocycles. The van der Waals surface area contributed by atoms with Gasteiger partial charge in [-0.1, -0.05) is 5.21 Å². The second-order valence-corrected chi connectivity index (χ2v) is 1.73. The van der Waals surface area contributed by atoms with Crippen molar-refractivity contribution in [1.82, 2.24) is 15.0 Å². The van der Waals surface area contributed by atoms with Gasteiger partial charge in [0.05, 0.1) is 12.2 Å². The maximum atomic E-state index is 3.74. The maximum absolute atomic E-state index is 3.74. The fourth-order valence-electron chi connectivity index (χ4n) is 0.452. The second kappa shape index (κ2) is 1.94. The van der Waals surface area contributed by atoms with E-state index in [4.69, 9.17) is 0 Å². The van der Waals surface area contributed by atoms with Gasteiger partial charge in [-0.05, 0) is 13.8 Å². The molecule has 0 bridgehead atoms. The molecule has 0 amide bonds. The van der Waals surface area contributed by atoms with Gasteiger partial charge in [-0.3, -0.25) is 0 Å². The molecule has 0 N–H and O–H groups in total. The fraction of sp³-hybridized carbons (Fsp3) is 0.400. The van der Waals surface area contributed by atoms with Crippen LogP contribution in [0, 0.1) is 6.92 Å². The molecule has 3 nitrogen and oxygen atoms in total. The standard InChI is InChI=1S/C5H8N3/c1-5(2)8-4-3-6-7-8/h3-5H,1H2,2H3. The van der Waals surface area contributed by atoms with E-state index in [0.29, 0.717) is 0 Å². The molecule has 1 aromatic rings. The highest BCUT2D eigenvalue weighted by Crippen LogP contribution is 1.96. The van der Waals surface area contributed by atoms with E-state index >= 15 is 0 Å². The second-order valence-electron chi connectivity index (χ2n) is 1.73. The third kappa shape index (κ3) is 0.857. The van der Waals surface area contributed by atoms with Crippen LogP contribution in [0.1, 0.15) is 13.0 Å². The molecule has 43 valence electrons. The number of rotatable bonds is 1. The van der Waals surface area contributed by atoms with Gasteiger partial charge in [0.2, 0.25) is 0 Å². The molecule has 1 unspecified atom stereocenters. The van der Waals surface area contributed by atoms with Crippen molar-refractivity contribution in [1.29, 1.82) is 0 Å². The van der Waals surface area contributed by atoms with Crippen LogP contribution in [-0.2, 0) is 0 Å². The molecule has 1 atom stereocenters. The average molecular weight is 110 g/mol. The third-order valence-electron chi connectivity index (χ3n) is 0.893. The Morgan fingerprint density at radius 1 is 1.75 bits per heavy atom. The molecule has 0 aliphatic rings. The molecule has 1 heterocycles. The number of nitrogens with zero attached hydrogens (tertiary/aromatic N) is 3. The Labute approximate surface area is 48.3 Å². The molecule has 1 radical (unpaired) electrons. The molecule has 0 aromatic carbocycles. The first-order valence-corrected chi connectivity index (χ1v) is 2.49. The summed E-state index contributed by atoms with van der Waals surface area (Å²) in [6, 6.07) is 0.178. The summed E-state index contributed by atoms with van der Waals surface area (Å²) in [5.41, 5.74) is 0. The SMILES string of the molecule is [CH2]C(C)n1ccnn1. The quantitative estimate of drug-likeness (QED) is 0.532. The summed E-state index contributed by atoms with van der Waals surface area (Å²) in [6.45, 7) is 5.69. The minimum Gasteiger partial charge on any atom is -0.250 e. The highest BCUT2D eigenvalue weighted by molar-refractivity contribution is 4.70. The molecule has 1 aromatic heterocycles. The molecule has 0 aliphatic carbocycles. The Hall–Kier alpha value is -0.860. The Morgan fingerprint density at radius 3 is 2.75 bits per heavy atom. The number of hydrogen-bond acceptors (Lipinski definition) is 2. The van der Waals surface area contributed by atoms with Crippen LogP contribution < -0.4 is 0 Å². The lowest BCUT2D eigenvalue weighted by Crippen LogP contribution is -2.00. The summed E-state index contributed by atoms with van der Waals surface area (Å²) in [5.74, 6) is 0. The zero-order valence-corrected chi connectivity index (χ0v) is 4.78. The van der Waals surface area contributed by atoms with Gasteiger partial charge >= 0.3 is 0 Å². The van der Waals surface area contributed by atoms with Crippen LogP contribution in [0.2, 0.25) is 0 Å². The van der Waals surface area contributed by atoms with Crippen molar-refractivity contribution >= 4 is 0 Å². The van der Waals surface area contributed by atoms with Crippen LogP contribution in [-0.4, -0.2) is 15.0 Å². The fourth-order valence-corrected chi connectivity index (χ4v) is 0.452. The van der Waals surface area contributed by atoms with Crippen molar-refractivity contribution < 1.29 is 0 Å². The van der Waals surface area contributed by atoms with E-state index in [0.717, 1.165) is 0 Å². The van der Waals surface area contributed by atoms with Crippen LogP contribution in [0.5, 0.6) is 0 Å². The van der Waals surface area contributed by atoms with E-state index in [1.807, 2.05) is 6.92 Å². The van der Waals surface area contributed by atoms with Gasteiger partial charge in [-0.25, -0.2) is 4.68 Å². The lowest BCUT2D eigenvalue weighted by molar-refractivity contribution is 0.554. The molecular formula is C5H8N3. The van der Waals surface area contributed by atoms with Gasteiger partial charge in [0, 0.05) is 6.20 Å². The molecule has 0 saturated carbocycles. The Morgan fingerprint density at radius 2 is 2.50 bits per heavy atom. The van der Waals surface area contributed by atoms with Crippen molar-refractivity contribution in [3.8, 4) is 0 Å². The summed E-state index contributed by atoms with van der Waals surface area (Å²) in [7, 11) is 0. The first-order chi connectivity index (χ1) is 3.80. The molecule has 0 spiro atoms. The minimum atomic E-state index is 0.178. The highest BCUT2D eigenvalue weighted by Gasteiger charge is 1.93. The summed E-state index contributed by atoms with van der Waals surface area (Å²) >= 11 is 0. The summed E-state index contributed by atoms with van der Waals surface area (Å²) < 4.78 is 1.69. The van der Waals surface area contributed by atoms with Crippen LogP contribution in [0.4, 0.5) is 0 Å². The predicted octanol–water partition coefficient (Wildman–Crippen LogP) is 0.673. The minimum absolute atomic E-state index is 0.178.